The number of anilines is 1. The first-order valence-electron chi connectivity index (χ1n) is 8.08. The van der Waals surface area contributed by atoms with Crippen molar-refractivity contribution in [3.05, 3.63) is 70.0 Å². The van der Waals surface area contributed by atoms with E-state index in [1.54, 1.807) is 31.2 Å². The van der Waals surface area contributed by atoms with Gasteiger partial charge in [0.1, 0.15) is 11.5 Å². The van der Waals surface area contributed by atoms with Crippen LogP contribution in [0.2, 0.25) is 0 Å². The first-order valence-corrected chi connectivity index (χ1v) is 8.08. The lowest BCUT2D eigenvalue weighted by Gasteiger charge is -2.08. The lowest BCUT2D eigenvalue weighted by molar-refractivity contribution is 0.102. The standard InChI is InChI=1S/C19H14FN3O4/c1-10-6-11(2-4-13(10)20)14-8-15(23-19(25)22-14)18(24)21-12-3-5-16-17(7-12)27-9-26-16/h2-8H,9H2,1H3,(H,21,24)(H,22,23,25). The molecule has 1 aromatic heterocycles. The molecular formula is C19H14FN3O4. The Morgan fingerprint density at radius 2 is 1.96 bits per heavy atom. The number of aromatic amines is 1. The smallest absolute Gasteiger partial charge is 0.346 e. The summed E-state index contributed by atoms with van der Waals surface area (Å²) in [6.07, 6.45) is 0. The highest BCUT2D eigenvalue weighted by Crippen LogP contribution is 2.34. The summed E-state index contributed by atoms with van der Waals surface area (Å²) in [4.78, 5) is 30.7. The molecule has 0 spiro atoms. The van der Waals surface area contributed by atoms with E-state index in [-0.39, 0.29) is 24.0 Å². The molecule has 1 aliphatic rings. The highest BCUT2D eigenvalue weighted by atomic mass is 19.1. The molecule has 0 fully saturated rings. The van der Waals surface area contributed by atoms with E-state index >= 15 is 0 Å². The maximum absolute atomic E-state index is 13.5. The summed E-state index contributed by atoms with van der Waals surface area (Å²) in [6, 6.07) is 10.8. The van der Waals surface area contributed by atoms with Crippen LogP contribution >= 0.6 is 0 Å². The summed E-state index contributed by atoms with van der Waals surface area (Å²) in [5.41, 5.74) is 1.08. The van der Waals surface area contributed by atoms with Crippen molar-refractivity contribution in [2.24, 2.45) is 0 Å². The van der Waals surface area contributed by atoms with Crippen LogP contribution in [0.5, 0.6) is 11.5 Å². The van der Waals surface area contributed by atoms with Crippen molar-refractivity contribution >= 4 is 11.6 Å². The molecule has 136 valence electrons. The molecule has 27 heavy (non-hydrogen) atoms. The average Bonchev–Trinajstić information content (AvgIpc) is 3.11. The second kappa shape index (κ2) is 6.56. The monoisotopic (exact) mass is 367 g/mol. The number of hydrogen-bond acceptors (Lipinski definition) is 5. The van der Waals surface area contributed by atoms with Crippen molar-refractivity contribution in [3.63, 3.8) is 0 Å². The fraction of sp³-hybridized carbons (Fsp3) is 0.105. The number of nitrogens with one attached hydrogen (secondary N) is 2. The Bertz CT molecular complexity index is 1110. The van der Waals surface area contributed by atoms with Crippen LogP contribution in [0.25, 0.3) is 11.3 Å². The number of amides is 1. The van der Waals surface area contributed by atoms with Crippen LogP contribution in [0, 0.1) is 12.7 Å². The number of nitrogens with zero attached hydrogens (tertiary/aromatic N) is 1. The Morgan fingerprint density at radius 1 is 1.15 bits per heavy atom. The minimum absolute atomic E-state index is 0.0321. The van der Waals surface area contributed by atoms with E-state index < -0.39 is 11.6 Å². The number of carbonyl (C=O) groups excluding carboxylic acids is 1. The van der Waals surface area contributed by atoms with Crippen LogP contribution in [0.15, 0.2) is 47.3 Å². The van der Waals surface area contributed by atoms with Gasteiger partial charge < -0.3 is 19.8 Å². The van der Waals surface area contributed by atoms with Gasteiger partial charge in [0, 0.05) is 17.3 Å². The number of ether oxygens (including phenoxy) is 2. The van der Waals surface area contributed by atoms with Crippen LogP contribution < -0.4 is 20.5 Å². The number of carbonyl (C=O) groups is 1. The Morgan fingerprint density at radius 3 is 2.78 bits per heavy atom. The molecule has 0 saturated heterocycles. The molecule has 0 radical (unpaired) electrons. The molecule has 0 bridgehead atoms. The molecule has 0 saturated carbocycles. The van der Waals surface area contributed by atoms with Gasteiger partial charge >= 0.3 is 5.69 Å². The molecule has 2 aromatic carbocycles. The molecule has 2 N–H and O–H groups in total. The van der Waals surface area contributed by atoms with E-state index in [0.717, 1.165) is 0 Å². The Hall–Kier alpha value is -3.68. The zero-order valence-corrected chi connectivity index (χ0v) is 14.2. The molecule has 4 rings (SSSR count). The predicted octanol–water partition coefficient (Wildman–Crippen LogP) is 2.87. The van der Waals surface area contributed by atoms with E-state index in [4.69, 9.17) is 9.47 Å². The molecule has 0 atom stereocenters. The normalized spacial score (nSPS) is 12.1. The van der Waals surface area contributed by atoms with Gasteiger partial charge in [-0.1, -0.05) is 0 Å². The van der Waals surface area contributed by atoms with Gasteiger partial charge in [-0.3, -0.25) is 4.79 Å². The number of H-pyrrole nitrogens is 1. The minimum Gasteiger partial charge on any atom is -0.454 e. The quantitative estimate of drug-likeness (QED) is 0.742. The first kappa shape index (κ1) is 16.8. The number of hydrogen-bond donors (Lipinski definition) is 2. The summed E-state index contributed by atoms with van der Waals surface area (Å²) < 4.78 is 24.0. The summed E-state index contributed by atoms with van der Waals surface area (Å²) in [7, 11) is 0. The van der Waals surface area contributed by atoms with Gasteiger partial charge in [-0.05, 0) is 48.9 Å². The second-order valence-corrected chi connectivity index (χ2v) is 5.97. The fourth-order valence-electron chi connectivity index (χ4n) is 2.70. The van der Waals surface area contributed by atoms with E-state index in [0.29, 0.717) is 28.3 Å². The molecule has 1 amide bonds. The first-order chi connectivity index (χ1) is 13.0. The van der Waals surface area contributed by atoms with Gasteiger partial charge in [-0.25, -0.2) is 9.18 Å². The van der Waals surface area contributed by atoms with Gasteiger partial charge in [-0.2, -0.15) is 4.98 Å². The summed E-state index contributed by atoms with van der Waals surface area (Å²) in [5, 5.41) is 2.68. The summed E-state index contributed by atoms with van der Waals surface area (Å²) in [5.74, 6) is 0.246. The molecule has 1 aliphatic heterocycles. The summed E-state index contributed by atoms with van der Waals surface area (Å²) >= 11 is 0. The highest BCUT2D eigenvalue weighted by molar-refractivity contribution is 6.03. The molecule has 3 aromatic rings. The summed E-state index contributed by atoms with van der Waals surface area (Å²) in [6.45, 7) is 1.74. The largest absolute Gasteiger partial charge is 0.454 e. The molecular weight excluding hydrogens is 353 g/mol. The van der Waals surface area contributed by atoms with Gasteiger partial charge in [-0.15, -0.1) is 0 Å². The van der Waals surface area contributed by atoms with Crippen LogP contribution in [-0.2, 0) is 0 Å². The van der Waals surface area contributed by atoms with Crippen molar-refractivity contribution in [1.82, 2.24) is 9.97 Å². The van der Waals surface area contributed by atoms with E-state index in [9.17, 15) is 14.0 Å². The Balaban J connectivity index is 1.63. The van der Waals surface area contributed by atoms with Crippen molar-refractivity contribution < 1.29 is 18.7 Å². The lowest BCUT2D eigenvalue weighted by Crippen LogP contribution is -2.21. The average molecular weight is 367 g/mol. The number of fused-ring (bicyclic) bond motifs is 1. The topological polar surface area (TPSA) is 93.3 Å². The van der Waals surface area contributed by atoms with Crippen molar-refractivity contribution in [2.45, 2.75) is 6.92 Å². The number of benzene rings is 2. The zero-order valence-electron chi connectivity index (χ0n) is 14.2. The van der Waals surface area contributed by atoms with Crippen molar-refractivity contribution in [3.8, 4) is 22.8 Å². The Labute approximate surface area is 152 Å². The molecule has 0 aliphatic carbocycles. The third-order valence-electron chi connectivity index (χ3n) is 4.07. The van der Waals surface area contributed by atoms with Crippen LogP contribution in [-0.4, -0.2) is 22.7 Å². The van der Waals surface area contributed by atoms with Crippen molar-refractivity contribution in [2.75, 3.05) is 12.1 Å². The third-order valence-corrected chi connectivity index (χ3v) is 4.07. The third kappa shape index (κ3) is 3.37. The van der Waals surface area contributed by atoms with Crippen LogP contribution in [0.3, 0.4) is 0 Å². The zero-order chi connectivity index (χ0) is 19.0. The maximum Gasteiger partial charge on any atom is 0.346 e. The van der Waals surface area contributed by atoms with Gasteiger partial charge in [0.2, 0.25) is 6.79 Å². The van der Waals surface area contributed by atoms with E-state index in [1.807, 2.05) is 0 Å². The fourth-order valence-corrected chi connectivity index (χ4v) is 2.70. The maximum atomic E-state index is 13.5. The number of rotatable bonds is 3. The molecule has 7 nitrogen and oxygen atoms in total. The van der Waals surface area contributed by atoms with Gasteiger partial charge in [0.05, 0.1) is 5.69 Å². The number of halogens is 1. The Kier molecular flexibility index (Phi) is 4.08. The number of aryl methyl sites for hydroxylation is 1. The molecule has 2 heterocycles. The van der Waals surface area contributed by atoms with Crippen molar-refractivity contribution in [1.29, 1.82) is 0 Å². The van der Waals surface area contributed by atoms with Gasteiger partial charge in [0.15, 0.2) is 11.5 Å². The van der Waals surface area contributed by atoms with Crippen LogP contribution in [0.1, 0.15) is 16.1 Å². The van der Waals surface area contributed by atoms with Crippen LogP contribution in [0.4, 0.5) is 10.1 Å². The highest BCUT2D eigenvalue weighted by Gasteiger charge is 2.16. The number of aromatic nitrogens is 2. The van der Waals surface area contributed by atoms with E-state index in [2.05, 4.69) is 15.3 Å². The lowest BCUT2D eigenvalue weighted by atomic mass is 10.1. The van der Waals surface area contributed by atoms with E-state index in [1.165, 1.54) is 18.2 Å². The SMILES string of the molecule is Cc1cc(-c2cc(C(=O)Nc3ccc4c(c3)OCO4)[nH]c(=O)n2)ccc1F. The minimum atomic E-state index is -0.676. The molecule has 8 heteroatoms. The second-order valence-electron chi connectivity index (χ2n) is 5.97. The molecule has 0 unspecified atom stereocenters. The van der Waals surface area contributed by atoms with Gasteiger partial charge in [0.25, 0.3) is 5.91 Å². The predicted molar refractivity (Wildman–Crippen MR) is 95.5 cm³/mol.